The van der Waals surface area contributed by atoms with Crippen LogP contribution >= 0.6 is 11.6 Å². The summed E-state index contributed by atoms with van der Waals surface area (Å²) in [4.78, 5) is 0. The lowest BCUT2D eigenvalue weighted by Crippen LogP contribution is -1.93. The summed E-state index contributed by atoms with van der Waals surface area (Å²) >= 11 is 6.72. The highest BCUT2D eigenvalue weighted by Crippen LogP contribution is 2.41. The van der Waals surface area contributed by atoms with E-state index in [1.54, 1.807) is 0 Å². The first kappa shape index (κ1) is 15.2. The molecule has 0 N–H and O–H groups in total. The molecule has 2 heteroatoms. The molecule has 5 aromatic rings. The third kappa shape index (κ3) is 2.25. The lowest BCUT2D eigenvalue weighted by atomic mass is 9.99. The van der Waals surface area contributed by atoms with Gasteiger partial charge in [-0.3, -0.25) is 0 Å². The molecule has 0 aliphatic carbocycles. The van der Waals surface area contributed by atoms with Crippen molar-refractivity contribution in [1.82, 2.24) is 4.57 Å². The first-order valence-electron chi connectivity index (χ1n) is 8.67. The third-order valence-electron chi connectivity index (χ3n) is 4.87. The summed E-state index contributed by atoms with van der Waals surface area (Å²) in [6.45, 7) is 0. The third-order valence-corrected chi connectivity index (χ3v) is 5.17. The number of fused-ring (bicyclic) bond motifs is 3. The second-order valence-corrected chi connectivity index (χ2v) is 6.78. The van der Waals surface area contributed by atoms with Crippen LogP contribution in [0.4, 0.5) is 0 Å². The van der Waals surface area contributed by atoms with Gasteiger partial charge < -0.3 is 4.57 Å². The average molecular weight is 354 g/mol. The Balaban J connectivity index is 2.00. The van der Waals surface area contributed by atoms with Crippen LogP contribution in [-0.4, -0.2) is 4.57 Å². The van der Waals surface area contributed by atoms with Crippen molar-refractivity contribution in [2.24, 2.45) is 0 Å². The second-order valence-electron chi connectivity index (χ2n) is 6.37. The lowest BCUT2D eigenvalue weighted by Gasteiger charge is -2.10. The largest absolute Gasteiger partial charge is 0.308 e. The second kappa shape index (κ2) is 6.05. The molecule has 5 rings (SSSR count). The van der Waals surface area contributed by atoms with E-state index >= 15 is 0 Å². The van der Waals surface area contributed by atoms with Crippen LogP contribution in [0.1, 0.15) is 0 Å². The zero-order chi connectivity index (χ0) is 17.5. The molecule has 0 fully saturated rings. The van der Waals surface area contributed by atoms with Crippen LogP contribution in [0.3, 0.4) is 0 Å². The molecule has 0 aliphatic rings. The van der Waals surface area contributed by atoms with Gasteiger partial charge in [-0.1, -0.05) is 84.4 Å². The van der Waals surface area contributed by atoms with Gasteiger partial charge in [-0.15, -0.1) is 0 Å². The quantitative estimate of drug-likeness (QED) is 0.319. The van der Waals surface area contributed by atoms with Crippen molar-refractivity contribution in [1.29, 1.82) is 0 Å². The maximum absolute atomic E-state index is 6.72. The van der Waals surface area contributed by atoms with Gasteiger partial charge in [0, 0.05) is 16.5 Å². The van der Waals surface area contributed by atoms with Gasteiger partial charge in [0.05, 0.1) is 16.1 Å². The highest BCUT2D eigenvalue weighted by molar-refractivity contribution is 6.37. The number of para-hydroxylation sites is 2. The molecule has 124 valence electrons. The SMILES string of the molecule is Clc1ccc(-c2ccccc2)c2c3ccccc3n(-c3ccccc3)c12. The maximum Gasteiger partial charge on any atom is 0.0733 e. The molecular formula is C24H16ClN. The van der Waals surface area contributed by atoms with Crippen molar-refractivity contribution in [3.63, 3.8) is 0 Å². The van der Waals surface area contributed by atoms with E-state index in [2.05, 4.69) is 83.4 Å². The molecule has 0 atom stereocenters. The molecular weight excluding hydrogens is 338 g/mol. The van der Waals surface area contributed by atoms with Crippen LogP contribution in [0, 0.1) is 0 Å². The number of aromatic nitrogens is 1. The molecule has 0 unspecified atom stereocenters. The highest BCUT2D eigenvalue weighted by Gasteiger charge is 2.18. The fourth-order valence-corrected chi connectivity index (χ4v) is 4.00. The average Bonchev–Trinajstić information content (AvgIpc) is 3.06. The van der Waals surface area contributed by atoms with Crippen molar-refractivity contribution < 1.29 is 0 Å². The van der Waals surface area contributed by atoms with Gasteiger partial charge in [0.15, 0.2) is 0 Å². The molecule has 0 bridgehead atoms. The van der Waals surface area contributed by atoms with Crippen molar-refractivity contribution >= 4 is 33.4 Å². The number of halogens is 1. The smallest absolute Gasteiger partial charge is 0.0733 e. The summed E-state index contributed by atoms with van der Waals surface area (Å²) in [5.74, 6) is 0. The summed E-state index contributed by atoms with van der Waals surface area (Å²) in [7, 11) is 0. The lowest BCUT2D eigenvalue weighted by molar-refractivity contribution is 1.18. The topological polar surface area (TPSA) is 4.93 Å². The minimum atomic E-state index is 0.764. The summed E-state index contributed by atoms with van der Waals surface area (Å²) in [6.07, 6.45) is 0. The molecule has 0 saturated heterocycles. The van der Waals surface area contributed by atoms with E-state index in [9.17, 15) is 0 Å². The van der Waals surface area contributed by atoms with Gasteiger partial charge in [-0.05, 0) is 35.4 Å². The number of hydrogen-bond acceptors (Lipinski definition) is 0. The van der Waals surface area contributed by atoms with E-state index < -0.39 is 0 Å². The Morgan fingerprint density at radius 3 is 2.04 bits per heavy atom. The van der Waals surface area contributed by atoms with Crippen molar-refractivity contribution in [2.75, 3.05) is 0 Å². The fourth-order valence-electron chi connectivity index (χ4n) is 3.76. The van der Waals surface area contributed by atoms with Crippen molar-refractivity contribution in [2.45, 2.75) is 0 Å². The Morgan fingerprint density at radius 2 is 1.27 bits per heavy atom. The first-order chi connectivity index (χ1) is 12.8. The predicted octanol–water partition coefficient (Wildman–Crippen LogP) is 7.10. The normalized spacial score (nSPS) is 11.3. The van der Waals surface area contributed by atoms with Crippen LogP contribution in [0.15, 0.2) is 97.1 Å². The van der Waals surface area contributed by atoms with Crippen molar-refractivity contribution in [3.05, 3.63) is 102 Å². The maximum atomic E-state index is 6.72. The van der Waals surface area contributed by atoms with E-state index in [-0.39, 0.29) is 0 Å². The molecule has 1 heterocycles. The highest BCUT2D eigenvalue weighted by atomic mass is 35.5. The molecule has 1 nitrogen and oxygen atoms in total. The summed E-state index contributed by atoms with van der Waals surface area (Å²) in [5.41, 5.74) is 5.74. The van der Waals surface area contributed by atoms with Gasteiger partial charge in [-0.25, -0.2) is 0 Å². The van der Waals surface area contributed by atoms with E-state index in [1.165, 1.54) is 27.4 Å². The Kier molecular flexibility index (Phi) is 3.55. The van der Waals surface area contributed by atoms with Crippen LogP contribution in [0.5, 0.6) is 0 Å². The summed E-state index contributed by atoms with van der Waals surface area (Å²) < 4.78 is 2.26. The zero-order valence-electron chi connectivity index (χ0n) is 14.1. The Hall–Kier alpha value is -3.03. The molecule has 0 aliphatic heterocycles. The Bertz CT molecular complexity index is 1220. The minimum absolute atomic E-state index is 0.764. The van der Waals surface area contributed by atoms with E-state index in [0.29, 0.717) is 0 Å². The molecule has 1 aromatic heterocycles. The molecule has 0 saturated carbocycles. The minimum Gasteiger partial charge on any atom is -0.308 e. The van der Waals surface area contributed by atoms with Gasteiger partial charge in [-0.2, -0.15) is 0 Å². The van der Waals surface area contributed by atoms with Crippen LogP contribution in [0.25, 0.3) is 38.6 Å². The number of rotatable bonds is 2. The van der Waals surface area contributed by atoms with E-state index in [4.69, 9.17) is 11.6 Å². The van der Waals surface area contributed by atoms with Crippen LogP contribution in [0.2, 0.25) is 5.02 Å². The number of hydrogen-bond donors (Lipinski definition) is 0. The molecule has 4 aromatic carbocycles. The van der Waals surface area contributed by atoms with Gasteiger partial charge in [0.1, 0.15) is 0 Å². The Morgan fingerprint density at radius 1 is 0.615 bits per heavy atom. The fraction of sp³-hybridized carbons (Fsp3) is 0. The molecule has 0 radical (unpaired) electrons. The molecule has 0 amide bonds. The monoisotopic (exact) mass is 353 g/mol. The standard InChI is InChI=1S/C24H16ClN/c25-21-16-15-19(17-9-3-1-4-10-17)23-20-13-7-8-14-22(20)26(24(21)23)18-11-5-2-6-12-18/h1-16H. The number of benzene rings is 4. The van der Waals surface area contributed by atoms with E-state index in [0.717, 1.165) is 16.2 Å². The van der Waals surface area contributed by atoms with Crippen molar-refractivity contribution in [3.8, 4) is 16.8 Å². The predicted molar refractivity (Wildman–Crippen MR) is 111 cm³/mol. The molecule has 26 heavy (non-hydrogen) atoms. The van der Waals surface area contributed by atoms with Crippen LogP contribution < -0.4 is 0 Å². The Labute approximate surface area is 157 Å². The first-order valence-corrected chi connectivity index (χ1v) is 9.05. The summed E-state index contributed by atoms with van der Waals surface area (Å²) in [6, 6.07) is 33.5. The number of nitrogens with zero attached hydrogens (tertiary/aromatic N) is 1. The van der Waals surface area contributed by atoms with Gasteiger partial charge in [0.25, 0.3) is 0 Å². The molecule has 0 spiro atoms. The van der Waals surface area contributed by atoms with Gasteiger partial charge >= 0.3 is 0 Å². The van der Waals surface area contributed by atoms with Gasteiger partial charge in [0.2, 0.25) is 0 Å². The zero-order valence-corrected chi connectivity index (χ0v) is 14.8. The van der Waals surface area contributed by atoms with Crippen LogP contribution in [-0.2, 0) is 0 Å². The van der Waals surface area contributed by atoms with E-state index in [1.807, 2.05) is 18.2 Å². The summed E-state index contributed by atoms with van der Waals surface area (Å²) in [5, 5.41) is 3.18.